The van der Waals surface area contributed by atoms with Crippen molar-refractivity contribution in [1.29, 1.82) is 0 Å². The van der Waals surface area contributed by atoms with Crippen LogP contribution < -0.4 is 5.32 Å². The average Bonchev–Trinajstić information content (AvgIpc) is 2.92. The summed E-state index contributed by atoms with van der Waals surface area (Å²) in [6.07, 6.45) is 0. The van der Waals surface area contributed by atoms with Gasteiger partial charge in [-0.1, -0.05) is 23.7 Å². The average molecular weight is 342 g/mol. The highest BCUT2D eigenvalue weighted by Gasteiger charge is 2.27. The number of carbonyl (C=O) groups is 2. The molecule has 6 heteroatoms. The molecule has 0 saturated carbocycles. The number of Topliss-reactive ketones (excluding diaryl/α,β-unsaturated/α-hetero) is 1. The van der Waals surface area contributed by atoms with E-state index in [9.17, 15) is 9.59 Å². The molecule has 1 heterocycles. The van der Waals surface area contributed by atoms with Crippen LogP contribution in [0.2, 0.25) is 5.02 Å². The second-order valence-electron chi connectivity index (χ2n) is 4.64. The number of ketones is 1. The van der Waals surface area contributed by atoms with E-state index in [2.05, 4.69) is 5.32 Å². The Kier molecular flexibility index (Phi) is 5.79. The number of nitrogens with one attached hydrogen (secondary N) is 1. The zero-order valence-corrected chi connectivity index (χ0v) is 14.2. The summed E-state index contributed by atoms with van der Waals surface area (Å²) in [5.41, 5.74) is 1.53. The number of thioether (sulfide) groups is 2. The molecule has 1 fully saturated rings. The molecule has 1 unspecified atom stereocenters. The van der Waals surface area contributed by atoms with Gasteiger partial charge in [0.15, 0.2) is 5.78 Å². The summed E-state index contributed by atoms with van der Waals surface area (Å²) in [5, 5.41) is 3.51. The van der Waals surface area contributed by atoms with Gasteiger partial charge in [-0.15, -0.1) is 23.5 Å². The van der Waals surface area contributed by atoms with Crippen LogP contribution >= 0.6 is 35.1 Å². The highest BCUT2D eigenvalue weighted by atomic mass is 35.5. The van der Waals surface area contributed by atoms with Crippen LogP contribution in [0.25, 0.3) is 0 Å². The van der Waals surface area contributed by atoms with E-state index in [1.807, 2.05) is 12.1 Å². The molecule has 1 aromatic carbocycles. The summed E-state index contributed by atoms with van der Waals surface area (Å²) in [6, 6.07) is 6.80. The van der Waals surface area contributed by atoms with Crippen LogP contribution in [0.3, 0.4) is 0 Å². The van der Waals surface area contributed by atoms with Crippen LogP contribution in [0, 0.1) is 0 Å². The topological polar surface area (TPSA) is 46.2 Å². The molecule has 1 N–H and O–H groups in total. The molecule has 3 nitrogen and oxygen atoms in total. The van der Waals surface area contributed by atoms with Gasteiger partial charge >= 0.3 is 0 Å². The summed E-state index contributed by atoms with van der Waals surface area (Å²) in [5.74, 6) is 1.80. The summed E-state index contributed by atoms with van der Waals surface area (Å²) >= 11 is 9.27. The maximum Gasteiger partial charge on any atom is 0.217 e. The molecule has 1 atom stereocenters. The van der Waals surface area contributed by atoms with E-state index >= 15 is 0 Å². The van der Waals surface area contributed by atoms with Gasteiger partial charge in [0, 0.05) is 33.3 Å². The molecule has 1 aromatic rings. The zero-order valence-electron chi connectivity index (χ0n) is 11.8. The van der Waals surface area contributed by atoms with E-state index in [0.29, 0.717) is 10.6 Å². The van der Waals surface area contributed by atoms with Crippen molar-refractivity contribution < 1.29 is 9.59 Å². The van der Waals surface area contributed by atoms with Gasteiger partial charge in [-0.05, 0) is 24.6 Å². The maximum absolute atomic E-state index is 12.1. The fraction of sp³-hybridized carbons (Fsp3) is 0.333. The lowest BCUT2D eigenvalue weighted by Gasteiger charge is -2.22. The van der Waals surface area contributed by atoms with Gasteiger partial charge in [0.05, 0.1) is 6.04 Å². The van der Waals surface area contributed by atoms with Gasteiger partial charge in [-0.2, -0.15) is 0 Å². The van der Waals surface area contributed by atoms with E-state index in [0.717, 1.165) is 21.3 Å². The molecule has 1 aliphatic rings. The van der Waals surface area contributed by atoms with E-state index < -0.39 is 6.04 Å². The minimum absolute atomic E-state index is 0.0133. The quantitative estimate of drug-likeness (QED) is 0.846. The molecule has 21 heavy (non-hydrogen) atoms. The molecule has 112 valence electrons. The van der Waals surface area contributed by atoms with Crippen molar-refractivity contribution in [2.75, 3.05) is 11.5 Å². The summed E-state index contributed by atoms with van der Waals surface area (Å²) in [6.45, 7) is 3.01. The lowest BCUT2D eigenvalue weighted by molar-refractivity contribution is -0.119. The van der Waals surface area contributed by atoms with Crippen LogP contribution in [-0.4, -0.2) is 23.2 Å². The Morgan fingerprint density at radius 3 is 2.19 bits per heavy atom. The van der Waals surface area contributed by atoms with Gasteiger partial charge < -0.3 is 5.32 Å². The lowest BCUT2D eigenvalue weighted by Crippen LogP contribution is -2.30. The minimum atomic E-state index is -0.426. The highest BCUT2D eigenvalue weighted by Crippen LogP contribution is 2.42. The van der Waals surface area contributed by atoms with Crippen LogP contribution in [0.5, 0.6) is 0 Å². The third kappa shape index (κ3) is 4.28. The van der Waals surface area contributed by atoms with Crippen molar-refractivity contribution in [3.8, 4) is 0 Å². The molecular formula is C15H16ClNO2S2. The van der Waals surface area contributed by atoms with Gasteiger partial charge in [-0.3, -0.25) is 9.59 Å². The smallest absolute Gasteiger partial charge is 0.217 e. The van der Waals surface area contributed by atoms with E-state index in [-0.39, 0.29) is 11.7 Å². The first-order valence-corrected chi connectivity index (χ1v) is 8.87. The van der Waals surface area contributed by atoms with Gasteiger partial charge in [0.2, 0.25) is 5.91 Å². The van der Waals surface area contributed by atoms with Crippen molar-refractivity contribution in [3.05, 3.63) is 44.7 Å². The molecule has 1 saturated heterocycles. The molecule has 0 bridgehead atoms. The maximum atomic E-state index is 12.1. The molecule has 1 amide bonds. The number of halogens is 1. The monoisotopic (exact) mass is 341 g/mol. The molecular weight excluding hydrogens is 326 g/mol. The van der Waals surface area contributed by atoms with Crippen LogP contribution in [-0.2, 0) is 9.59 Å². The third-order valence-electron chi connectivity index (χ3n) is 2.99. The molecule has 0 radical (unpaired) electrons. The predicted molar refractivity (Wildman–Crippen MR) is 90.6 cm³/mol. The molecule has 2 rings (SSSR count). The largest absolute Gasteiger partial charge is 0.345 e. The second-order valence-corrected chi connectivity index (χ2v) is 7.54. The molecule has 0 aliphatic carbocycles. The van der Waals surface area contributed by atoms with Crippen molar-refractivity contribution in [3.63, 3.8) is 0 Å². The Labute approximate surface area is 137 Å². The standard InChI is InChI=1S/C15H16ClNO2S2/c1-9(18)13(15-20-7-8-21-15)14(17-10(2)19)11-3-5-12(16)6-4-11/h3-6,14H,7-8H2,1-2H3,(H,17,19). The Hall–Kier alpha value is -0.910. The van der Waals surface area contributed by atoms with Crippen molar-refractivity contribution in [1.82, 2.24) is 5.32 Å². The Morgan fingerprint density at radius 2 is 1.71 bits per heavy atom. The van der Waals surface area contributed by atoms with Crippen LogP contribution in [0.4, 0.5) is 0 Å². The number of carbonyl (C=O) groups excluding carboxylic acids is 2. The molecule has 0 spiro atoms. The van der Waals surface area contributed by atoms with Crippen molar-refractivity contribution in [2.24, 2.45) is 0 Å². The van der Waals surface area contributed by atoms with Gasteiger partial charge in [0.1, 0.15) is 0 Å². The van der Waals surface area contributed by atoms with Crippen LogP contribution in [0.1, 0.15) is 25.5 Å². The Bertz CT molecular complexity index is 576. The van der Waals surface area contributed by atoms with E-state index in [1.165, 1.54) is 6.92 Å². The summed E-state index contributed by atoms with van der Waals surface area (Å²) < 4.78 is 1.01. The molecule has 0 aromatic heterocycles. The first-order chi connectivity index (χ1) is 9.99. The Balaban J connectivity index is 2.47. The number of benzene rings is 1. The number of hydrogen-bond donors (Lipinski definition) is 1. The highest BCUT2D eigenvalue weighted by molar-refractivity contribution is 8.25. The normalized spacial score (nSPS) is 15.7. The fourth-order valence-electron chi connectivity index (χ4n) is 2.11. The fourth-order valence-corrected chi connectivity index (χ4v) is 4.94. The first-order valence-electron chi connectivity index (χ1n) is 6.52. The second kappa shape index (κ2) is 7.38. The minimum Gasteiger partial charge on any atom is -0.345 e. The van der Waals surface area contributed by atoms with Crippen LogP contribution in [0.15, 0.2) is 34.1 Å². The third-order valence-corrected chi connectivity index (χ3v) is 5.99. The lowest BCUT2D eigenvalue weighted by atomic mass is 9.97. The number of amides is 1. The van der Waals surface area contributed by atoms with Gasteiger partial charge in [0.25, 0.3) is 0 Å². The van der Waals surface area contributed by atoms with Crippen molar-refractivity contribution in [2.45, 2.75) is 19.9 Å². The number of rotatable bonds is 4. The SMILES string of the molecule is CC(=O)NC(C(C(C)=O)=C1SCCS1)c1ccc(Cl)cc1. The Morgan fingerprint density at radius 1 is 1.14 bits per heavy atom. The van der Waals surface area contributed by atoms with E-state index in [1.54, 1.807) is 42.6 Å². The van der Waals surface area contributed by atoms with Crippen molar-refractivity contribution >= 4 is 46.8 Å². The van der Waals surface area contributed by atoms with Gasteiger partial charge in [-0.25, -0.2) is 0 Å². The first kappa shape index (κ1) is 16.5. The summed E-state index contributed by atoms with van der Waals surface area (Å²) in [4.78, 5) is 23.7. The predicted octanol–water partition coefficient (Wildman–Crippen LogP) is 3.80. The van der Waals surface area contributed by atoms with E-state index in [4.69, 9.17) is 11.6 Å². The number of hydrogen-bond acceptors (Lipinski definition) is 4. The molecule has 1 aliphatic heterocycles. The zero-order chi connectivity index (χ0) is 15.4. The summed E-state index contributed by atoms with van der Waals surface area (Å²) in [7, 11) is 0.